The third-order valence-electron chi connectivity index (χ3n) is 8.35. The fourth-order valence-corrected chi connectivity index (χ4v) is 5.84. The van der Waals surface area contributed by atoms with Gasteiger partial charge in [-0.3, -0.25) is 0 Å². The van der Waals surface area contributed by atoms with Gasteiger partial charge in [-0.25, -0.2) is 9.97 Å². The normalized spacial score (nSPS) is 13.0. The van der Waals surface area contributed by atoms with Gasteiger partial charge in [-0.15, -0.1) is 0 Å². The van der Waals surface area contributed by atoms with Crippen molar-refractivity contribution >= 4 is 50.6 Å². The molecule has 0 atom stereocenters. The molecule has 0 radical (unpaired) electrons. The molecule has 0 fully saturated rings. The summed E-state index contributed by atoms with van der Waals surface area (Å²) in [6, 6.07) is 8.75. The van der Waals surface area contributed by atoms with Gasteiger partial charge < -0.3 is 14.8 Å². The molecule has 40 heavy (non-hydrogen) atoms. The average Bonchev–Trinajstić information content (AvgIpc) is 3.60. The van der Waals surface area contributed by atoms with E-state index in [-0.39, 0.29) is 0 Å². The number of hydrogen-bond acceptors (Lipinski definition) is 3. The molecule has 5 heteroatoms. The molecule has 5 nitrogen and oxygen atoms in total. The summed E-state index contributed by atoms with van der Waals surface area (Å²) in [6.07, 6.45) is 5.16. The van der Waals surface area contributed by atoms with Crippen molar-refractivity contribution in [1.29, 1.82) is 0 Å². The number of carbonyl (C=O) groups is 1. The molecule has 0 aromatic carbocycles. The number of allylic oxidation sites excluding steroid dienone is 4. The van der Waals surface area contributed by atoms with E-state index in [0.29, 0.717) is 12.8 Å². The Balaban J connectivity index is 0.00000181. The minimum atomic E-state index is 0.493. The molecule has 5 rings (SSSR count). The van der Waals surface area contributed by atoms with Crippen LogP contribution in [0.4, 0.5) is 0 Å². The summed E-state index contributed by atoms with van der Waals surface area (Å²) in [4.78, 5) is 28.9. The number of aromatic nitrogens is 4. The summed E-state index contributed by atoms with van der Waals surface area (Å²) < 4.78 is 0. The highest BCUT2D eigenvalue weighted by Gasteiger charge is 2.19. The standard InChI is InChI=1S/C33H38N4O.C2H6/c1-8-11-24-21(6)30-15-28-20(5)23(9-2)31(35-28)16-27-19(4)18(3)26(34-27)14-29-22(7)25(12-10-13-38)33(37-29)17-32(24)36-30;1-2/h13-17,35,37H,8-12H2,1-7H3;1-2H3. The van der Waals surface area contributed by atoms with Crippen LogP contribution in [0.3, 0.4) is 0 Å². The van der Waals surface area contributed by atoms with Gasteiger partial charge in [0.1, 0.15) is 6.29 Å². The predicted molar refractivity (Wildman–Crippen MR) is 171 cm³/mol. The first-order chi connectivity index (χ1) is 19.3. The number of carbonyl (C=O) groups excluding carboxylic acids is 1. The van der Waals surface area contributed by atoms with Crippen LogP contribution in [0.1, 0.15) is 113 Å². The van der Waals surface area contributed by atoms with E-state index in [2.05, 4.69) is 82.7 Å². The maximum Gasteiger partial charge on any atom is 0.120 e. The molecule has 3 aromatic rings. The second kappa shape index (κ2) is 12.2. The zero-order valence-corrected chi connectivity index (χ0v) is 25.7. The van der Waals surface area contributed by atoms with Gasteiger partial charge in [0.25, 0.3) is 0 Å². The molecule has 0 amide bonds. The van der Waals surface area contributed by atoms with Crippen molar-refractivity contribution in [1.82, 2.24) is 19.9 Å². The number of H-pyrrole nitrogens is 2. The van der Waals surface area contributed by atoms with E-state index < -0.39 is 0 Å². The largest absolute Gasteiger partial charge is 0.355 e. The SMILES string of the molecule is CC.CCCC1=C(C)c2cc3[nH]c(cc4nc(cc5[nH]c(cc1n2)c(CCC=O)c5C)C(C)=C4C)c(CC)c3C. The highest BCUT2D eigenvalue weighted by atomic mass is 16.1. The minimum absolute atomic E-state index is 0.493. The Morgan fingerprint density at radius 2 is 1.12 bits per heavy atom. The number of rotatable bonds is 6. The molecule has 5 heterocycles. The van der Waals surface area contributed by atoms with Crippen LogP contribution in [-0.4, -0.2) is 26.2 Å². The Morgan fingerprint density at radius 1 is 0.650 bits per heavy atom. The summed E-state index contributed by atoms with van der Waals surface area (Å²) in [5.74, 6) is 0. The van der Waals surface area contributed by atoms with Gasteiger partial charge in [-0.05, 0) is 123 Å². The van der Waals surface area contributed by atoms with Crippen LogP contribution in [0.15, 0.2) is 24.3 Å². The summed E-state index contributed by atoms with van der Waals surface area (Å²) >= 11 is 0. The molecular weight excluding hydrogens is 492 g/mol. The molecule has 0 aliphatic carbocycles. The monoisotopic (exact) mass is 536 g/mol. The quantitative estimate of drug-likeness (QED) is 0.308. The average molecular weight is 537 g/mol. The van der Waals surface area contributed by atoms with Crippen LogP contribution in [0, 0.1) is 13.8 Å². The van der Waals surface area contributed by atoms with Crippen molar-refractivity contribution in [3.8, 4) is 0 Å². The van der Waals surface area contributed by atoms with E-state index in [9.17, 15) is 4.79 Å². The highest BCUT2D eigenvalue weighted by molar-refractivity contribution is 5.94. The summed E-state index contributed by atoms with van der Waals surface area (Å²) in [5.41, 5.74) is 18.1. The molecule has 0 spiro atoms. The molecule has 3 aromatic heterocycles. The second-order valence-electron chi connectivity index (χ2n) is 10.6. The predicted octanol–water partition coefficient (Wildman–Crippen LogP) is 9.33. The lowest BCUT2D eigenvalue weighted by Gasteiger charge is -2.02. The van der Waals surface area contributed by atoms with Gasteiger partial charge in [0.15, 0.2) is 0 Å². The third-order valence-corrected chi connectivity index (χ3v) is 8.35. The highest BCUT2D eigenvalue weighted by Crippen LogP contribution is 2.36. The Bertz CT molecular complexity index is 1680. The Morgan fingerprint density at radius 3 is 1.68 bits per heavy atom. The zero-order chi connectivity index (χ0) is 29.1. The molecule has 0 saturated carbocycles. The fraction of sp³-hybridized carbons (Fsp3) is 0.400. The molecule has 2 aliphatic rings. The van der Waals surface area contributed by atoms with Gasteiger partial charge in [0.2, 0.25) is 0 Å². The van der Waals surface area contributed by atoms with Crippen molar-refractivity contribution < 1.29 is 4.79 Å². The Hall–Kier alpha value is -3.73. The third kappa shape index (κ3) is 5.22. The molecule has 2 N–H and O–H groups in total. The van der Waals surface area contributed by atoms with Gasteiger partial charge in [0.05, 0.1) is 22.8 Å². The van der Waals surface area contributed by atoms with E-state index in [1.807, 2.05) is 13.8 Å². The van der Waals surface area contributed by atoms with Crippen LogP contribution >= 0.6 is 0 Å². The molecule has 0 unspecified atom stereocenters. The molecule has 2 aliphatic heterocycles. The number of aromatic amines is 2. The minimum Gasteiger partial charge on any atom is -0.355 e. The van der Waals surface area contributed by atoms with E-state index in [0.717, 1.165) is 76.0 Å². The lowest BCUT2D eigenvalue weighted by molar-refractivity contribution is -0.107. The smallest absolute Gasteiger partial charge is 0.120 e. The van der Waals surface area contributed by atoms with Gasteiger partial charge in [0, 0.05) is 28.5 Å². The second-order valence-corrected chi connectivity index (χ2v) is 10.6. The van der Waals surface area contributed by atoms with Crippen LogP contribution in [0.5, 0.6) is 0 Å². The fourth-order valence-electron chi connectivity index (χ4n) is 5.84. The van der Waals surface area contributed by atoms with Crippen LogP contribution in [0.25, 0.3) is 44.4 Å². The molecule has 0 saturated heterocycles. The number of hydrogen-bond donors (Lipinski definition) is 2. The summed E-state index contributed by atoms with van der Waals surface area (Å²) in [7, 11) is 0. The molecule has 210 valence electrons. The van der Waals surface area contributed by atoms with Crippen molar-refractivity contribution in [3.63, 3.8) is 0 Å². The Labute approximate surface area is 238 Å². The summed E-state index contributed by atoms with van der Waals surface area (Å²) in [6.45, 7) is 19.2. The number of nitrogens with one attached hydrogen (secondary N) is 2. The van der Waals surface area contributed by atoms with Gasteiger partial charge in [-0.1, -0.05) is 34.1 Å². The molecule has 8 bridgehead atoms. The topological polar surface area (TPSA) is 74.4 Å². The lowest BCUT2D eigenvalue weighted by Crippen LogP contribution is -1.88. The molecular formula is C35H44N4O. The lowest BCUT2D eigenvalue weighted by atomic mass is 10.0. The van der Waals surface area contributed by atoms with E-state index in [4.69, 9.17) is 9.97 Å². The maximum absolute atomic E-state index is 11.3. The maximum atomic E-state index is 11.3. The van der Waals surface area contributed by atoms with E-state index >= 15 is 0 Å². The number of fused-ring (bicyclic) bond motifs is 8. The van der Waals surface area contributed by atoms with Crippen molar-refractivity contribution in [2.75, 3.05) is 0 Å². The van der Waals surface area contributed by atoms with Crippen LogP contribution < -0.4 is 0 Å². The van der Waals surface area contributed by atoms with Crippen molar-refractivity contribution in [2.45, 2.75) is 94.4 Å². The zero-order valence-electron chi connectivity index (χ0n) is 25.7. The first kappa shape index (κ1) is 29.3. The van der Waals surface area contributed by atoms with Crippen LogP contribution in [0.2, 0.25) is 0 Å². The number of nitrogens with zero attached hydrogens (tertiary/aromatic N) is 2. The number of aryl methyl sites for hydroxylation is 4. The number of aldehydes is 1. The van der Waals surface area contributed by atoms with E-state index in [1.54, 1.807) is 0 Å². The van der Waals surface area contributed by atoms with Gasteiger partial charge >= 0.3 is 0 Å². The Kier molecular flexibility index (Phi) is 8.92. The van der Waals surface area contributed by atoms with Crippen molar-refractivity contribution in [3.05, 3.63) is 69.3 Å². The van der Waals surface area contributed by atoms with Gasteiger partial charge in [-0.2, -0.15) is 0 Å². The van der Waals surface area contributed by atoms with E-state index in [1.165, 1.54) is 39.0 Å². The van der Waals surface area contributed by atoms with Crippen LogP contribution in [-0.2, 0) is 17.6 Å². The van der Waals surface area contributed by atoms with Crippen molar-refractivity contribution in [2.24, 2.45) is 0 Å². The summed E-state index contributed by atoms with van der Waals surface area (Å²) in [5, 5.41) is 0. The first-order valence-corrected chi connectivity index (χ1v) is 14.8. The first-order valence-electron chi connectivity index (χ1n) is 14.8.